The summed E-state index contributed by atoms with van der Waals surface area (Å²) < 4.78 is 33.0. The van der Waals surface area contributed by atoms with Crippen LogP contribution in [0.2, 0.25) is 0 Å². The molecule has 1 N–H and O–H groups in total. The first-order chi connectivity index (χ1) is 12.5. The Bertz CT molecular complexity index is 822. The molecule has 0 aliphatic rings. The van der Waals surface area contributed by atoms with Gasteiger partial charge in [0, 0.05) is 6.54 Å². The predicted octanol–water partition coefficient (Wildman–Crippen LogP) is 2.81. The van der Waals surface area contributed by atoms with Gasteiger partial charge in [0.1, 0.15) is 12.3 Å². The summed E-state index contributed by atoms with van der Waals surface area (Å²) in [5.41, 5.74) is 0.338. The fourth-order valence-electron chi connectivity index (χ4n) is 2.41. The third kappa shape index (κ3) is 4.76. The van der Waals surface area contributed by atoms with Crippen LogP contribution in [0.4, 0.5) is 5.69 Å². The Labute approximate surface area is 154 Å². The van der Waals surface area contributed by atoms with Crippen molar-refractivity contribution >= 4 is 21.6 Å². The van der Waals surface area contributed by atoms with Gasteiger partial charge < -0.3 is 10.1 Å². The number of nitrogens with zero attached hydrogens (tertiary/aromatic N) is 1. The lowest BCUT2D eigenvalue weighted by Gasteiger charge is -2.26. The van der Waals surface area contributed by atoms with Crippen LogP contribution in [0.1, 0.15) is 20.3 Å². The molecule has 0 spiro atoms. The number of sulfonamides is 1. The Morgan fingerprint density at radius 1 is 1.04 bits per heavy atom. The molecule has 2 aromatic carbocycles. The largest absolute Gasteiger partial charge is 0.492 e. The van der Waals surface area contributed by atoms with E-state index in [1.54, 1.807) is 42.5 Å². The Morgan fingerprint density at radius 2 is 1.69 bits per heavy atom. The van der Waals surface area contributed by atoms with Crippen molar-refractivity contribution in [3.63, 3.8) is 0 Å². The lowest BCUT2D eigenvalue weighted by atomic mass is 10.3. The number of ether oxygens (including phenoxy) is 1. The molecule has 0 unspecified atom stereocenters. The van der Waals surface area contributed by atoms with Crippen molar-refractivity contribution in [1.82, 2.24) is 5.32 Å². The van der Waals surface area contributed by atoms with Crippen LogP contribution in [-0.2, 0) is 14.8 Å². The van der Waals surface area contributed by atoms with Crippen LogP contribution in [0.3, 0.4) is 0 Å². The third-order valence-corrected chi connectivity index (χ3v) is 5.40. The third-order valence-electron chi connectivity index (χ3n) is 3.62. The summed E-state index contributed by atoms with van der Waals surface area (Å²) in [6.45, 7) is 4.31. The molecule has 0 atom stereocenters. The van der Waals surface area contributed by atoms with Gasteiger partial charge in [0.15, 0.2) is 0 Å². The average molecular weight is 376 g/mol. The van der Waals surface area contributed by atoms with Crippen LogP contribution in [0.25, 0.3) is 0 Å². The number of amides is 1. The topological polar surface area (TPSA) is 75.7 Å². The second-order valence-electron chi connectivity index (χ2n) is 5.58. The van der Waals surface area contributed by atoms with Crippen LogP contribution in [0.15, 0.2) is 59.5 Å². The predicted molar refractivity (Wildman–Crippen MR) is 102 cm³/mol. The van der Waals surface area contributed by atoms with Gasteiger partial charge in [-0.1, -0.05) is 37.3 Å². The van der Waals surface area contributed by atoms with Crippen LogP contribution >= 0.6 is 0 Å². The Hall–Kier alpha value is -2.54. The maximum Gasteiger partial charge on any atom is 0.264 e. The molecule has 6 nitrogen and oxygen atoms in total. The van der Waals surface area contributed by atoms with E-state index in [2.05, 4.69) is 5.32 Å². The molecule has 2 aromatic rings. The smallest absolute Gasteiger partial charge is 0.264 e. The van der Waals surface area contributed by atoms with Crippen molar-refractivity contribution in [2.45, 2.75) is 25.2 Å². The van der Waals surface area contributed by atoms with Crippen molar-refractivity contribution in [2.75, 3.05) is 24.0 Å². The molecule has 0 saturated carbocycles. The Morgan fingerprint density at radius 3 is 2.35 bits per heavy atom. The molecule has 0 fully saturated rings. The molecule has 0 saturated heterocycles. The van der Waals surface area contributed by atoms with Crippen molar-refractivity contribution in [3.8, 4) is 5.75 Å². The maximum atomic E-state index is 13.2. The highest BCUT2D eigenvalue weighted by atomic mass is 32.2. The number of carbonyl (C=O) groups is 1. The number of benzene rings is 2. The first-order valence-corrected chi connectivity index (χ1v) is 10.0. The minimum absolute atomic E-state index is 0.120. The normalized spacial score (nSPS) is 11.0. The Balaban J connectivity index is 2.48. The first-order valence-electron chi connectivity index (χ1n) is 8.57. The van der Waals surface area contributed by atoms with Gasteiger partial charge in [-0.15, -0.1) is 0 Å². The molecule has 7 heteroatoms. The Kier molecular flexibility index (Phi) is 7.03. The summed E-state index contributed by atoms with van der Waals surface area (Å²) >= 11 is 0. The number of para-hydroxylation sites is 2. The van der Waals surface area contributed by atoms with Crippen LogP contribution < -0.4 is 14.4 Å². The summed E-state index contributed by atoms with van der Waals surface area (Å²) in [4.78, 5) is 12.4. The van der Waals surface area contributed by atoms with Gasteiger partial charge >= 0.3 is 0 Å². The van der Waals surface area contributed by atoms with Gasteiger partial charge in [0.25, 0.3) is 10.0 Å². The summed E-state index contributed by atoms with van der Waals surface area (Å²) in [6, 6.07) is 14.9. The highest BCUT2D eigenvalue weighted by Crippen LogP contribution is 2.32. The van der Waals surface area contributed by atoms with E-state index in [4.69, 9.17) is 4.74 Å². The van der Waals surface area contributed by atoms with E-state index in [9.17, 15) is 13.2 Å². The molecule has 140 valence electrons. The van der Waals surface area contributed by atoms with Crippen molar-refractivity contribution in [1.29, 1.82) is 0 Å². The van der Waals surface area contributed by atoms with Gasteiger partial charge in [-0.2, -0.15) is 0 Å². The molecule has 2 rings (SSSR count). The molecular formula is C19H24N2O4S. The second-order valence-corrected chi connectivity index (χ2v) is 7.44. The highest BCUT2D eigenvalue weighted by Gasteiger charge is 2.29. The minimum Gasteiger partial charge on any atom is -0.492 e. The number of hydrogen-bond acceptors (Lipinski definition) is 4. The van der Waals surface area contributed by atoms with Crippen molar-refractivity contribution in [3.05, 3.63) is 54.6 Å². The average Bonchev–Trinajstić information content (AvgIpc) is 2.66. The van der Waals surface area contributed by atoms with Crippen LogP contribution in [0, 0.1) is 0 Å². The second kappa shape index (κ2) is 9.24. The van der Waals surface area contributed by atoms with Gasteiger partial charge in [0.2, 0.25) is 5.91 Å². The summed E-state index contributed by atoms with van der Waals surface area (Å²) in [7, 11) is -3.92. The van der Waals surface area contributed by atoms with Gasteiger partial charge in [0.05, 0.1) is 17.2 Å². The standard InChI is InChI=1S/C19H24N2O4S/c1-3-14-20-19(22)15-21(17-12-8-9-13-18(17)25-4-2)26(23,24)16-10-6-5-7-11-16/h5-13H,3-4,14-15H2,1-2H3,(H,20,22). The number of carbonyl (C=O) groups excluding carboxylic acids is 1. The number of nitrogens with one attached hydrogen (secondary N) is 1. The molecular weight excluding hydrogens is 352 g/mol. The first kappa shape index (κ1) is 19.8. The zero-order valence-electron chi connectivity index (χ0n) is 15.0. The monoisotopic (exact) mass is 376 g/mol. The van der Waals surface area contributed by atoms with E-state index in [-0.39, 0.29) is 17.3 Å². The van der Waals surface area contributed by atoms with Crippen LogP contribution in [-0.4, -0.2) is 34.0 Å². The summed E-state index contributed by atoms with van der Waals surface area (Å²) in [5.74, 6) is 0.0513. The van der Waals surface area contributed by atoms with Gasteiger partial charge in [-0.3, -0.25) is 9.10 Å². The lowest BCUT2D eigenvalue weighted by molar-refractivity contribution is -0.119. The molecule has 0 radical (unpaired) electrons. The number of hydrogen-bond donors (Lipinski definition) is 1. The fraction of sp³-hybridized carbons (Fsp3) is 0.316. The van der Waals surface area contributed by atoms with Crippen LogP contribution in [0.5, 0.6) is 5.75 Å². The molecule has 0 aliphatic carbocycles. The summed E-state index contributed by atoms with van der Waals surface area (Å²) in [5, 5.41) is 2.72. The molecule has 0 aliphatic heterocycles. The van der Waals surface area contributed by atoms with E-state index < -0.39 is 10.0 Å². The minimum atomic E-state index is -3.92. The molecule has 0 heterocycles. The van der Waals surface area contributed by atoms with E-state index in [1.165, 1.54) is 12.1 Å². The quantitative estimate of drug-likeness (QED) is 0.730. The van der Waals surface area contributed by atoms with E-state index >= 15 is 0 Å². The molecule has 1 amide bonds. The molecule has 0 aromatic heterocycles. The van der Waals surface area contributed by atoms with E-state index in [0.717, 1.165) is 10.7 Å². The fourth-order valence-corrected chi connectivity index (χ4v) is 3.86. The van der Waals surface area contributed by atoms with Crippen molar-refractivity contribution < 1.29 is 17.9 Å². The summed E-state index contributed by atoms with van der Waals surface area (Å²) in [6.07, 6.45) is 0.771. The van der Waals surface area contributed by atoms with Gasteiger partial charge in [-0.25, -0.2) is 8.42 Å². The van der Waals surface area contributed by atoms with Crippen molar-refractivity contribution in [2.24, 2.45) is 0 Å². The number of rotatable bonds is 9. The zero-order valence-corrected chi connectivity index (χ0v) is 15.8. The molecule has 0 bridgehead atoms. The molecule has 26 heavy (non-hydrogen) atoms. The van der Waals surface area contributed by atoms with Gasteiger partial charge in [-0.05, 0) is 37.6 Å². The van der Waals surface area contributed by atoms with E-state index in [0.29, 0.717) is 24.6 Å². The number of anilines is 1. The lowest BCUT2D eigenvalue weighted by Crippen LogP contribution is -2.41. The SMILES string of the molecule is CCCNC(=O)CN(c1ccccc1OCC)S(=O)(=O)c1ccccc1. The maximum absolute atomic E-state index is 13.2. The zero-order chi connectivity index (χ0) is 19.0. The highest BCUT2D eigenvalue weighted by molar-refractivity contribution is 7.92. The van der Waals surface area contributed by atoms with E-state index in [1.807, 2.05) is 13.8 Å².